The lowest BCUT2D eigenvalue weighted by molar-refractivity contribution is -0.131. The fraction of sp³-hybridized carbons (Fsp3) is 0.364. The molecule has 5 heteroatoms. The molecule has 0 unspecified atom stereocenters. The first kappa shape index (κ1) is 19.1. The fourth-order valence-electron chi connectivity index (χ4n) is 3.24. The Morgan fingerprint density at radius 1 is 1.15 bits per heavy atom. The predicted octanol–water partition coefficient (Wildman–Crippen LogP) is 3.24. The number of hydrogen-bond acceptors (Lipinski definition) is 3. The first-order valence-electron chi connectivity index (χ1n) is 9.34. The van der Waals surface area contributed by atoms with Crippen molar-refractivity contribution in [2.45, 2.75) is 39.8 Å². The normalized spacial score (nSPS) is 11.1. The van der Waals surface area contributed by atoms with Gasteiger partial charge in [-0.05, 0) is 49.1 Å². The van der Waals surface area contributed by atoms with Crippen LogP contribution in [0.1, 0.15) is 28.9 Å². The molecule has 3 rings (SSSR count). The van der Waals surface area contributed by atoms with Gasteiger partial charge < -0.3 is 14.6 Å². The summed E-state index contributed by atoms with van der Waals surface area (Å²) in [5.74, 6) is 0.896. The molecule has 0 saturated carbocycles. The van der Waals surface area contributed by atoms with Crippen LogP contribution in [0.4, 0.5) is 0 Å². The number of aliphatic hydroxyl groups is 1. The number of imidazole rings is 1. The van der Waals surface area contributed by atoms with Gasteiger partial charge in [0.1, 0.15) is 12.4 Å². The summed E-state index contributed by atoms with van der Waals surface area (Å²) in [6.07, 6.45) is 1.29. The molecule has 0 radical (unpaired) electrons. The summed E-state index contributed by atoms with van der Waals surface area (Å²) in [4.78, 5) is 19.3. The molecule has 1 N–H and O–H groups in total. The lowest BCUT2D eigenvalue weighted by Crippen LogP contribution is -2.30. The first-order chi connectivity index (χ1) is 13.0. The molecule has 1 heterocycles. The topological polar surface area (TPSA) is 58.4 Å². The van der Waals surface area contributed by atoms with Crippen molar-refractivity contribution in [1.82, 2.24) is 14.5 Å². The highest BCUT2D eigenvalue weighted by Gasteiger charge is 2.17. The summed E-state index contributed by atoms with van der Waals surface area (Å²) in [5, 5.41) is 9.20. The van der Waals surface area contributed by atoms with Gasteiger partial charge in [0.15, 0.2) is 0 Å². The number of carbonyl (C=O) groups excluding carboxylic acids is 1. The highest BCUT2D eigenvalue weighted by molar-refractivity contribution is 5.82. The third-order valence-corrected chi connectivity index (χ3v) is 4.98. The summed E-state index contributed by atoms with van der Waals surface area (Å²) in [6.45, 7) is 5.09. The van der Waals surface area contributed by atoms with Crippen LogP contribution in [0.15, 0.2) is 42.5 Å². The Hall–Kier alpha value is -2.66. The van der Waals surface area contributed by atoms with E-state index in [9.17, 15) is 9.90 Å². The second-order valence-electron chi connectivity index (χ2n) is 7.10. The molecule has 0 spiro atoms. The largest absolute Gasteiger partial charge is 0.396 e. The monoisotopic (exact) mass is 365 g/mol. The number of carbonyl (C=O) groups is 1. The van der Waals surface area contributed by atoms with Crippen molar-refractivity contribution in [2.24, 2.45) is 0 Å². The SMILES string of the molecule is Cc1cc2nc(CCCO)n(CC(=O)N(C)Cc3ccccc3)c2cc1C. The zero-order valence-electron chi connectivity index (χ0n) is 16.3. The maximum absolute atomic E-state index is 12.9. The molecule has 1 aromatic heterocycles. The molecule has 142 valence electrons. The van der Waals surface area contributed by atoms with E-state index in [1.807, 2.05) is 41.9 Å². The Balaban J connectivity index is 1.87. The molecule has 0 fully saturated rings. The predicted molar refractivity (Wildman–Crippen MR) is 108 cm³/mol. The van der Waals surface area contributed by atoms with Gasteiger partial charge in [0.2, 0.25) is 5.91 Å². The number of aromatic nitrogens is 2. The smallest absolute Gasteiger partial charge is 0.242 e. The zero-order chi connectivity index (χ0) is 19.4. The van der Waals surface area contributed by atoms with E-state index in [1.165, 1.54) is 11.1 Å². The number of aryl methyl sites for hydroxylation is 3. The molecule has 3 aromatic rings. The second-order valence-corrected chi connectivity index (χ2v) is 7.10. The van der Waals surface area contributed by atoms with Crippen molar-refractivity contribution in [3.63, 3.8) is 0 Å². The average molecular weight is 365 g/mol. The summed E-state index contributed by atoms with van der Waals surface area (Å²) < 4.78 is 2.00. The van der Waals surface area contributed by atoms with E-state index in [-0.39, 0.29) is 19.1 Å². The minimum Gasteiger partial charge on any atom is -0.396 e. The molecule has 0 bridgehead atoms. The molecular weight excluding hydrogens is 338 g/mol. The highest BCUT2D eigenvalue weighted by atomic mass is 16.3. The van der Waals surface area contributed by atoms with E-state index in [0.29, 0.717) is 19.4 Å². The first-order valence-corrected chi connectivity index (χ1v) is 9.34. The minimum atomic E-state index is 0.0432. The van der Waals surface area contributed by atoms with E-state index < -0.39 is 0 Å². The second kappa shape index (κ2) is 8.35. The van der Waals surface area contributed by atoms with Crippen LogP contribution in [0.5, 0.6) is 0 Å². The molecule has 0 aliphatic carbocycles. The van der Waals surface area contributed by atoms with Crippen LogP contribution >= 0.6 is 0 Å². The molecule has 0 atom stereocenters. The summed E-state index contributed by atoms with van der Waals surface area (Å²) >= 11 is 0. The maximum Gasteiger partial charge on any atom is 0.242 e. The number of hydrogen-bond donors (Lipinski definition) is 1. The van der Waals surface area contributed by atoms with E-state index in [1.54, 1.807) is 4.90 Å². The van der Waals surface area contributed by atoms with E-state index in [4.69, 9.17) is 4.98 Å². The highest BCUT2D eigenvalue weighted by Crippen LogP contribution is 2.22. The van der Waals surface area contributed by atoms with E-state index >= 15 is 0 Å². The van der Waals surface area contributed by atoms with Gasteiger partial charge in [-0.25, -0.2) is 4.98 Å². The number of aliphatic hydroxyl groups excluding tert-OH is 1. The fourth-order valence-corrected chi connectivity index (χ4v) is 3.24. The van der Waals surface area contributed by atoms with Gasteiger partial charge >= 0.3 is 0 Å². The molecule has 0 saturated heterocycles. The van der Waals surface area contributed by atoms with Crippen LogP contribution in [0.3, 0.4) is 0 Å². The molecule has 5 nitrogen and oxygen atoms in total. The Morgan fingerprint density at radius 2 is 1.85 bits per heavy atom. The van der Waals surface area contributed by atoms with Gasteiger partial charge in [-0.3, -0.25) is 4.79 Å². The van der Waals surface area contributed by atoms with Crippen LogP contribution in [-0.4, -0.2) is 39.1 Å². The number of nitrogens with zero attached hydrogens (tertiary/aromatic N) is 3. The average Bonchev–Trinajstić information content (AvgIpc) is 2.97. The summed E-state index contributed by atoms with van der Waals surface area (Å²) in [5.41, 5.74) is 5.36. The number of likely N-dealkylation sites (N-methyl/N-ethyl adjacent to an activating group) is 1. The Bertz CT molecular complexity index is 932. The van der Waals surface area contributed by atoms with Crippen molar-refractivity contribution in [3.05, 3.63) is 65.0 Å². The van der Waals surface area contributed by atoms with Crippen molar-refractivity contribution in [2.75, 3.05) is 13.7 Å². The van der Waals surface area contributed by atoms with E-state index in [2.05, 4.69) is 26.0 Å². The third-order valence-electron chi connectivity index (χ3n) is 4.98. The quantitative estimate of drug-likeness (QED) is 0.699. The van der Waals surface area contributed by atoms with Crippen LogP contribution in [0.25, 0.3) is 11.0 Å². The number of rotatable bonds is 7. The van der Waals surface area contributed by atoms with E-state index in [0.717, 1.165) is 22.4 Å². The Morgan fingerprint density at radius 3 is 2.56 bits per heavy atom. The molecule has 27 heavy (non-hydrogen) atoms. The van der Waals surface area contributed by atoms with Gasteiger partial charge in [-0.2, -0.15) is 0 Å². The molecular formula is C22H27N3O2. The summed E-state index contributed by atoms with van der Waals surface area (Å²) in [7, 11) is 1.83. The molecule has 1 amide bonds. The van der Waals surface area contributed by atoms with Gasteiger partial charge in [-0.1, -0.05) is 30.3 Å². The van der Waals surface area contributed by atoms with Gasteiger partial charge in [0.25, 0.3) is 0 Å². The van der Waals surface area contributed by atoms with Gasteiger partial charge in [-0.15, -0.1) is 0 Å². The lowest BCUT2D eigenvalue weighted by Gasteiger charge is -2.19. The lowest BCUT2D eigenvalue weighted by atomic mass is 10.1. The maximum atomic E-state index is 12.9. The van der Waals surface area contributed by atoms with Crippen LogP contribution < -0.4 is 0 Å². The summed E-state index contributed by atoms with van der Waals surface area (Å²) in [6, 6.07) is 14.2. The number of benzene rings is 2. The van der Waals surface area contributed by atoms with Crippen LogP contribution in [0.2, 0.25) is 0 Å². The Labute approximate surface area is 160 Å². The van der Waals surface area contributed by atoms with Crippen molar-refractivity contribution in [3.8, 4) is 0 Å². The van der Waals surface area contributed by atoms with Gasteiger partial charge in [0, 0.05) is 26.6 Å². The minimum absolute atomic E-state index is 0.0432. The zero-order valence-corrected chi connectivity index (χ0v) is 16.3. The Kier molecular flexibility index (Phi) is 5.91. The van der Waals surface area contributed by atoms with Crippen molar-refractivity contribution < 1.29 is 9.90 Å². The van der Waals surface area contributed by atoms with Crippen molar-refractivity contribution in [1.29, 1.82) is 0 Å². The van der Waals surface area contributed by atoms with Gasteiger partial charge in [0.05, 0.1) is 11.0 Å². The van der Waals surface area contributed by atoms with Crippen LogP contribution in [0, 0.1) is 13.8 Å². The molecule has 0 aliphatic heterocycles. The number of fused-ring (bicyclic) bond motifs is 1. The molecule has 0 aliphatic rings. The third kappa shape index (κ3) is 4.37. The standard InChI is InChI=1S/C22H27N3O2/c1-16-12-19-20(13-17(16)2)25(21(23-19)10-7-11-26)15-22(27)24(3)14-18-8-5-4-6-9-18/h4-6,8-9,12-13,26H,7,10-11,14-15H2,1-3H3. The number of amides is 1. The molecule has 2 aromatic carbocycles. The van der Waals surface area contributed by atoms with Crippen LogP contribution in [-0.2, 0) is 24.3 Å². The van der Waals surface area contributed by atoms with Crippen molar-refractivity contribution >= 4 is 16.9 Å².